The highest BCUT2D eigenvalue weighted by Crippen LogP contribution is 2.36. The fraction of sp³-hybridized carbons (Fsp3) is 0.273. The largest absolute Gasteiger partial charge is 0.416 e. The van der Waals surface area contributed by atoms with Gasteiger partial charge >= 0.3 is 6.18 Å². The van der Waals surface area contributed by atoms with Gasteiger partial charge in [0.25, 0.3) is 0 Å². The number of aryl methyl sites for hydroxylation is 1. The van der Waals surface area contributed by atoms with Crippen molar-refractivity contribution in [3.8, 4) is 0 Å². The molecular formula is C22H20ClF3N2. The molecule has 0 spiro atoms. The molecule has 0 radical (unpaired) electrons. The number of halogens is 4. The Labute approximate surface area is 167 Å². The predicted molar refractivity (Wildman–Crippen MR) is 104 cm³/mol. The Balaban J connectivity index is 1.75. The standard InChI is InChI=1S/C22H20ClF3N2/c23-19-9-7-16(8-10-19)15-28-13-3-12-27-11-2-6-20(27)21(28)17-4-1-5-18(14-17)22(24,25)26/h1-2,4-11,14,21H,3,12-13,15H2/t21-/m1/s1. The maximum absolute atomic E-state index is 13.3. The van der Waals surface area contributed by atoms with Gasteiger partial charge in [0, 0.05) is 36.5 Å². The second-order valence-corrected chi connectivity index (χ2v) is 7.54. The van der Waals surface area contributed by atoms with Crippen LogP contribution in [0.3, 0.4) is 0 Å². The van der Waals surface area contributed by atoms with Gasteiger partial charge in [-0.2, -0.15) is 13.2 Å². The van der Waals surface area contributed by atoms with E-state index in [4.69, 9.17) is 11.6 Å². The molecule has 0 saturated carbocycles. The monoisotopic (exact) mass is 404 g/mol. The molecule has 0 fully saturated rings. The zero-order valence-electron chi connectivity index (χ0n) is 15.2. The van der Waals surface area contributed by atoms with Gasteiger partial charge in [-0.1, -0.05) is 35.9 Å². The van der Waals surface area contributed by atoms with Crippen molar-refractivity contribution < 1.29 is 13.2 Å². The van der Waals surface area contributed by atoms with E-state index in [0.717, 1.165) is 36.8 Å². The number of rotatable bonds is 3. The summed E-state index contributed by atoms with van der Waals surface area (Å²) in [5, 5.41) is 0.669. The van der Waals surface area contributed by atoms with Gasteiger partial charge in [-0.15, -0.1) is 0 Å². The normalized spacial score (nSPS) is 17.9. The molecule has 146 valence electrons. The first-order valence-electron chi connectivity index (χ1n) is 9.22. The van der Waals surface area contributed by atoms with Crippen molar-refractivity contribution in [1.29, 1.82) is 0 Å². The van der Waals surface area contributed by atoms with Crippen LogP contribution in [0.1, 0.15) is 34.8 Å². The second kappa shape index (κ2) is 7.64. The van der Waals surface area contributed by atoms with E-state index >= 15 is 0 Å². The molecule has 4 rings (SSSR count). The quantitative estimate of drug-likeness (QED) is 0.508. The topological polar surface area (TPSA) is 8.17 Å². The van der Waals surface area contributed by atoms with Crippen molar-refractivity contribution in [1.82, 2.24) is 9.47 Å². The third-order valence-electron chi connectivity index (χ3n) is 5.18. The molecule has 2 heterocycles. The minimum atomic E-state index is -4.36. The molecule has 1 aliphatic heterocycles. The predicted octanol–water partition coefficient (Wildman–Crippen LogP) is 6.16. The van der Waals surface area contributed by atoms with E-state index in [9.17, 15) is 13.2 Å². The summed E-state index contributed by atoms with van der Waals surface area (Å²) in [4.78, 5) is 2.25. The molecule has 0 bridgehead atoms. The van der Waals surface area contributed by atoms with E-state index in [1.165, 1.54) is 12.1 Å². The van der Waals surface area contributed by atoms with Gasteiger partial charge in [-0.05, 0) is 53.9 Å². The number of fused-ring (bicyclic) bond motifs is 1. The fourth-order valence-electron chi connectivity index (χ4n) is 3.90. The highest BCUT2D eigenvalue weighted by Gasteiger charge is 2.33. The van der Waals surface area contributed by atoms with Crippen molar-refractivity contribution in [2.75, 3.05) is 6.54 Å². The molecule has 0 amide bonds. The van der Waals surface area contributed by atoms with Gasteiger partial charge in [0.05, 0.1) is 11.6 Å². The Bertz CT molecular complexity index is 947. The highest BCUT2D eigenvalue weighted by atomic mass is 35.5. The molecule has 28 heavy (non-hydrogen) atoms. The number of aromatic nitrogens is 1. The van der Waals surface area contributed by atoms with Crippen molar-refractivity contribution in [3.63, 3.8) is 0 Å². The third kappa shape index (κ3) is 3.96. The van der Waals surface area contributed by atoms with Crippen LogP contribution in [0, 0.1) is 0 Å². The second-order valence-electron chi connectivity index (χ2n) is 7.10. The molecule has 0 N–H and O–H groups in total. The minimum absolute atomic E-state index is 0.240. The Morgan fingerprint density at radius 2 is 1.75 bits per heavy atom. The highest BCUT2D eigenvalue weighted by molar-refractivity contribution is 6.30. The first-order valence-corrected chi connectivity index (χ1v) is 9.60. The molecular weight excluding hydrogens is 385 g/mol. The summed E-state index contributed by atoms with van der Waals surface area (Å²) < 4.78 is 42.1. The molecule has 1 aliphatic rings. The molecule has 2 nitrogen and oxygen atoms in total. The average Bonchev–Trinajstić information content (AvgIpc) is 3.04. The first-order chi connectivity index (χ1) is 13.4. The number of hydrogen-bond donors (Lipinski definition) is 0. The lowest BCUT2D eigenvalue weighted by atomic mass is 9.98. The van der Waals surface area contributed by atoms with Crippen LogP contribution >= 0.6 is 11.6 Å². The summed E-state index contributed by atoms with van der Waals surface area (Å²) in [5.74, 6) is 0. The van der Waals surface area contributed by atoms with Crippen molar-refractivity contribution in [3.05, 3.63) is 94.3 Å². The van der Waals surface area contributed by atoms with Crippen LogP contribution < -0.4 is 0 Å². The maximum Gasteiger partial charge on any atom is 0.416 e. The average molecular weight is 405 g/mol. The molecule has 2 aromatic carbocycles. The number of alkyl halides is 3. The molecule has 0 saturated heterocycles. The Morgan fingerprint density at radius 1 is 0.964 bits per heavy atom. The zero-order valence-corrected chi connectivity index (χ0v) is 15.9. The summed E-state index contributed by atoms with van der Waals surface area (Å²) >= 11 is 5.99. The lowest BCUT2D eigenvalue weighted by Crippen LogP contribution is -2.29. The summed E-state index contributed by atoms with van der Waals surface area (Å²) in [7, 11) is 0. The number of nitrogens with zero attached hydrogens (tertiary/aromatic N) is 2. The smallest absolute Gasteiger partial charge is 0.350 e. The first kappa shape index (κ1) is 19.1. The van der Waals surface area contributed by atoms with Crippen LogP contribution in [0.15, 0.2) is 66.9 Å². The van der Waals surface area contributed by atoms with Crippen LogP contribution in [-0.2, 0) is 19.3 Å². The van der Waals surface area contributed by atoms with E-state index in [-0.39, 0.29) is 6.04 Å². The summed E-state index contributed by atoms with van der Waals surface area (Å²) in [5.41, 5.74) is 2.15. The van der Waals surface area contributed by atoms with E-state index in [1.807, 2.05) is 42.6 Å². The summed E-state index contributed by atoms with van der Waals surface area (Å²) in [6.07, 6.45) is -1.42. The van der Waals surface area contributed by atoms with Crippen molar-refractivity contribution >= 4 is 11.6 Å². The molecule has 0 unspecified atom stereocenters. The molecule has 1 aromatic heterocycles. The van der Waals surface area contributed by atoms with Gasteiger partial charge < -0.3 is 4.57 Å². The van der Waals surface area contributed by atoms with Gasteiger partial charge in [-0.3, -0.25) is 4.90 Å². The molecule has 3 aromatic rings. The summed E-state index contributed by atoms with van der Waals surface area (Å²) in [6, 6.07) is 17.0. The van der Waals surface area contributed by atoms with E-state index in [1.54, 1.807) is 6.07 Å². The van der Waals surface area contributed by atoms with Gasteiger partial charge in [0.1, 0.15) is 0 Å². The number of benzene rings is 2. The molecule has 1 atom stereocenters. The van der Waals surface area contributed by atoms with Crippen molar-refractivity contribution in [2.24, 2.45) is 0 Å². The van der Waals surface area contributed by atoms with Crippen LogP contribution in [0.4, 0.5) is 13.2 Å². The lowest BCUT2D eigenvalue weighted by Gasteiger charge is -2.31. The Hall–Kier alpha value is -2.24. The minimum Gasteiger partial charge on any atom is -0.350 e. The zero-order chi connectivity index (χ0) is 19.7. The van der Waals surface area contributed by atoms with Crippen LogP contribution in [0.25, 0.3) is 0 Å². The maximum atomic E-state index is 13.3. The lowest BCUT2D eigenvalue weighted by molar-refractivity contribution is -0.137. The van der Waals surface area contributed by atoms with Crippen LogP contribution in [0.2, 0.25) is 5.02 Å². The third-order valence-corrected chi connectivity index (χ3v) is 5.43. The van der Waals surface area contributed by atoms with E-state index in [2.05, 4.69) is 9.47 Å². The van der Waals surface area contributed by atoms with Crippen LogP contribution in [0.5, 0.6) is 0 Å². The summed E-state index contributed by atoms with van der Waals surface area (Å²) in [6.45, 7) is 2.30. The van der Waals surface area contributed by atoms with Crippen LogP contribution in [-0.4, -0.2) is 16.0 Å². The Morgan fingerprint density at radius 3 is 2.50 bits per heavy atom. The Kier molecular flexibility index (Phi) is 5.21. The van der Waals surface area contributed by atoms with E-state index in [0.29, 0.717) is 17.1 Å². The molecule has 6 heteroatoms. The fourth-order valence-corrected chi connectivity index (χ4v) is 4.03. The van der Waals surface area contributed by atoms with Gasteiger partial charge in [0.15, 0.2) is 0 Å². The van der Waals surface area contributed by atoms with Gasteiger partial charge in [0.2, 0.25) is 0 Å². The SMILES string of the molecule is FC(F)(F)c1cccc([C@@H]2c3cccn3CCCN2Cc2ccc(Cl)cc2)c1. The number of hydrogen-bond acceptors (Lipinski definition) is 1. The van der Waals surface area contributed by atoms with E-state index < -0.39 is 11.7 Å². The van der Waals surface area contributed by atoms with Gasteiger partial charge in [-0.25, -0.2) is 0 Å². The molecule has 0 aliphatic carbocycles. The van der Waals surface area contributed by atoms with Crippen molar-refractivity contribution in [2.45, 2.75) is 31.7 Å².